The zero-order valence-corrected chi connectivity index (χ0v) is 21.3. The molecule has 0 heterocycles. The Morgan fingerprint density at radius 3 is 1.26 bits per heavy atom. The first-order valence-electron chi connectivity index (χ1n) is 9.47. The van der Waals surface area contributed by atoms with Gasteiger partial charge in [-0.2, -0.15) is 0 Å². The highest BCUT2D eigenvalue weighted by Gasteiger charge is 2.49. The lowest BCUT2D eigenvalue weighted by Gasteiger charge is -2.49. The molecule has 0 radical (unpaired) electrons. The topological polar surface area (TPSA) is 9.23 Å². The van der Waals surface area contributed by atoms with Crippen molar-refractivity contribution in [2.75, 3.05) is 0 Å². The van der Waals surface area contributed by atoms with Crippen molar-refractivity contribution in [3.63, 3.8) is 0 Å². The number of hydrogen-bond acceptors (Lipinski definition) is 1. The first-order chi connectivity index (χ1) is 10.1. The highest BCUT2D eigenvalue weighted by Crippen LogP contribution is 2.49. The third-order valence-corrected chi connectivity index (χ3v) is 18.3. The van der Waals surface area contributed by atoms with Crippen molar-refractivity contribution in [3.05, 3.63) is 10.9 Å². The molecule has 0 aromatic heterocycles. The van der Waals surface area contributed by atoms with Gasteiger partial charge >= 0.3 is 0 Å². The van der Waals surface area contributed by atoms with Gasteiger partial charge in [-0.25, -0.2) is 0 Å². The lowest BCUT2D eigenvalue weighted by Crippen LogP contribution is -2.54. The molecule has 0 aliphatic carbocycles. The summed E-state index contributed by atoms with van der Waals surface area (Å²) < 4.78 is 6.40. The summed E-state index contributed by atoms with van der Waals surface area (Å²) in [6, 6.07) is 0. The van der Waals surface area contributed by atoms with Gasteiger partial charge in [-0.05, 0) is 43.2 Å². The fourth-order valence-electron chi connectivity index (χ4n) is 4.80. The molecule has 0 bridgehead atoms. The Hall–Kier alpha value is 0.351. The van der Waals surface area contributed by atoms with E-state index in [9.17, 15) is 0 Å². The van der Waals surface area contributed by atoms with Gasteiger partial charge in [0.1, 0.15) is 0 Å². The third kappa shape index (κ3) is 5.98. The van der Waals surface area contributed by atoms with E-state index in [2.05, 4.69) is 93.8 Å². The molecule has 0 saturated heterocycles. The molecule has 1 nitrogen and oxygen atoms in total. The minimum absolute atomic E-state index is 0.256. The molecule has 0 fully saturated rings. The van der Waals surface area contributed by atoms with Gasteiger partial charge < -0.3 is 4.43 Å². The van der Waals surface area contributed by atoms with Crippen LogP contribution in [0.25, 0.3) is 0 Å². The SMILES string of the molecule is CC(/C=C(/[Si](C)(C)C)[Si](C(C)C)(C(C)C)C(C)C)O[Si](C)(C)C. The molecule has 1 unspecified atom stereocenters. The molecule has 1 atom stereocenters. The molecule has 0 amide bonds. The van der Waals surface area contributed by atoms with Crippen LogP contribution < -0.4 is 0 Å². The molecule has 138 valence electrons. The van der Waals surface area contributed by atoms with Gasteiger partial charge in [-0.3, -0.25) is 0 Å². The fraction of sp³-hybridized carbons (Fsp3) is 0.895. The van der Waals surface area contributed by atoms with Crippen LogP contribution in [0.1, 0.15) is 48.5 Å². The van der Waals surface area contributed by atoms with E-state index in [1.165, 1.54) is 0 Å². The summed E-state index contributed by atoms with van der Waals surface area (Å²) in [6.45, 7) is 31.6. The Morgan fingerprint density at radius 2 is 1.04 bits per heavy atom. The van der Waals surface area contributed by atoms with Gasteiger partial charge in [0.15, 0.2) is 8.32 Å². The smallest absolute Gasteiger partial charge is 0.184 e. The maximum Gasteiger partial charge on any atom is 0.184 e. The molecule has 0 saturated carbocycles. The Morgan fingerprint density at radius 1 is 0.696 bits per heavy atom. The second kappa shape index (κ2) is 8.15. The van der Waals surface area contributed by atoms with Crippen LogP contribution in [0, 0.1) is 0 Å². The van der Waals surface area contributed by atoms with Crippen molar-refractivity contribution in [3.8, 4) is 0 Å². The molecule has 0 aliphatic rings. The second-order valence-corrected chi connectivity index (χ2v) is 26.0. The van der Waals surface area contributed by atoms with E-state index in [1.807, 2.05) is 4.82 Å². The Bertz CT molecular complexity index is 376. The monoisotopic (exact) mass is 372 g/mol. The van der Waals surface area contributed by atoms with Gasteiger partial charge in [0.2, 0.25) is 0 Å². The van der Waals surface area contributed by atoms with Crippen LogP contribution >= 0.6 is 0 Å². The van der Waals surface area contributed by atoms with E-state index in [-0.39, 0.29) is 6.10 Å². The Labute approximate surface area is 150 Å². The average molecular weight is 373 g/mol. The van der Waals surface area contributed by atoms with Crippen molar-refractivity contribution in [1.29, 1.82) is 0 Å². The summed E-state index contributed by atoms with van der Waals surface area (Å²) in [5, 5.41) is 0. The summed E-state index contributed by atoms with van der Waals surface area (Å²) in [4.78, 5) is 1.86. The van der Waals surface area contributed by atoms with Crippen LogP contribution in [-0.2, 0) is 4.43 Å². The molecular formula is C19H44OSi3. The normalized spacial score (nSPS) is 16.6. The van der Waals surface area contributed by atoms with E-state index in [1.54, 1.807) is 0 Å². The van der Waals surface area contributed by atoms with E-state index in [4.69, 9.17) is 4.43 Å². The fourth-order valence-corrected chi connectivity index (χ4v) is 20.9. The molecule has 0 N–H and O–H groups in total. The minimum atomic E-state index is -1.57. The van der Waals surface area contributed by atoms with E-state index in [0.29, 0.717) is 0 Å². The average Bonchev–Trinajstić information content (AvgIpc) is 2.22. The Kier molecular flexibility index (Phi) is 8.28. The second-order valence-electron chi connectivity index (χ2n) is 10.2. The van der Waals surface area contributed by atoms with Gasteiger partial charge in [0.05, 0.1) is 22.3 Å². The summed E-state index contributed by atoms with van der Waals surface area (Å²) >= 11 is 0. The predicted molar refractivity (Wildman–Crippen MR) is 116 cm³/mol. The van der Waals surface area contributed by atoms with Gasteiger partial charge in [-0.15, -0.1) is 0 Å². The molecule has 0 aromatic carbocycles. The van der Waals surface area contributed by atoms with Gasteiger partial charge in [-0.1, -0.05) is 72.1 Å². The van der Waals surface area contributed by atoms with Gasteiger partial charge in [0.25, 0.3) is 0 Å². The van der Waals surface area contributed by atoms with Crippen molar-refractivity contribution < 1.29 is 4.43 Å². The summed E-state index contributed by atoms with van der Waals surface area (Å²) in [5.41, 5.74) is 2.33. The molecule has 0 aliphatic heterocycles. The van der Waals surface area contributed by atoms with E-state index < -0.39 is 24.5 Å². The summed E-state index contributed by atoms with van der Waals surface area (Å²) in [6.07, 6.45) is 2.84. The maximum absolute atomic E-state index is 6.40. The molecule has 23 heavy (non-hydrogen) atoms. The minimum Gasteiger partial charge on any atom is -0.412 e. The highest BCUT2D eigenvalue weighted by atomic mass is 28.4. The van der Waals surface area contributed by atoms with Crippen molar-refractivity contribution in [2.24, 2.45) is 0 Å². The van der Waals surface area contributed by atoms with Crippen LogP contribution in [0.5, 0.6) is 0 Å². The van der Waals surface area contributed by atoms with Crippen LogP contribution in [-0.4, -0.2) is 30.6 Å². The van der Waals surface area contributed by atoms with E-state index in [0.717, 1.165) is 16.6 Å². The van der Waals surface area contributed by atoms with Crippen LogP contribution in [0.15, 0.2) is 10.9 Å². The zero-order valence-electron chi connectivity index (χ0n) is 18.3. The molecule has 0 aromatic rings. The molecule has 0 spiro atoms. The lowest BCUT2D eigenvalue weighted by molar-refractivity contribution is 0.262. The summed E-state index contributed by atoms with van der Waals surface area (Å²) in [7, 11) is -4.46. The van der Waals surface area contributed by atoms with Crippen LogP contribution in [0.2, 0.25) is 55.9 Å². The quantitative estimate of drug-likeness (QED) is 0.408. The largest absolute Gasteiger partial charge is 0.412 e. The maximum atomic E-state index is 6.40. The lowest BCUT2D eigenvalue weighted by atomic mass is 10.4. The first-order valence-corrected chi connectivity index (χ1v) is 18.6. The predicted octanol–water partition coefficient (Wildman–Crippen LogP) is 7.25. The number of hydrogen-bond donors (Lipinski definition) is 0. The third-order valence-electron chi connectivity index (χ3n) is 5.08. The highest BCUT2D eigenvalue weighted by molar-refractivity contribution is 7.07. The molecule has 0 rings (SSSR count). The molecular weight excluding hydrogens is 328 g/mol. The number of rotatable bonds is 8. The van der Waals surface area contributed by atoms with Crippen LogP contribution in [0.4, 0.5) is 0 Å². The zero-order chi connectivity index (χ0) is 18.8. The standard InChI is InChI=1S/C19H44OSi3/c1-15(2)23(16(3)4,17(5)6)19(21(8,9)10)14-18(7)20-22(11,12)13/h14-18H,1-13H3/b19-14-. The van der Waals surface area contributed by atoms with Crippen LogP contribution in [0.3, 0.4) is 0 Å². The summed E-state index contributed by atoms with van der Waals surface area (Å²) in [5.74, 6) is 0. The van der Waals surface area contributed by atoms with Crippen molar-refractivity contribution >= 4 is 24.5 Å². The van der Waals surface area contributed by atoms with Crippen molar-refractivity contribution in [1.82, 2.24) is 0 Å². The van der Waals surface area contributed by atoms with Crippen molar-refractivity contribution in [2.45, 2.75) is 110 Å². The first kappa shape index (κ1) is 23.4. The molecule has 4 heteroatoms. The van der Waals surface area contributed by atoms with Gasteiger partial charge in [0, 0.05) is 0 Å². The van der Waals surface area contributed by atoms with E-state index >= 15 is 0 Å². The Balaban J connectivity index is 6.24.